The largest absolute Gasteiger partial charge is 0.484 e. The molecule has 2 unspecified atom stereocenters. The van der Waals surface area contributed by atoms with E-state index < -0.39 is 0 Å². The summed E-state index contributed by atoms with van der Waals surface area (Å²) in [5.74, 6) is 0.301. The molecule has 126 valence electrons. The zero-order valence-corrected chi connectivity index (χ0v) is 13.5. The molecule has 1 fully saturated rings. The number of halogens is 1. The fraction of sp³-hybridized carbons (Fsp3) is 0.316. The molecule has 0 N–H and O–H groups in total. The van der Waals surface area contributed by atoms with E-state index in [9.17, 15) is 9.18 Å². The quantitative estimate of drug-likeness (QED) is 0.865. The van der Waals surface area contributed by atoms with Gasteiger partial charge in [-0.1, -0.05) is 30.3 Å². The Labute approximate surface area is 140 Å². The van der Waals surface area contributed by atoms with Crippen molar-refractivity contribution in [3.05, 3.63) is 66.0 Å². The van der Waals surface area contributed by atoms with Crippen molar-refractivity contribution in [3.63, 3.8) is 0 Å². The molecule has 3 rings (SSSR count). The smallest absolute Gasteiger partial charge is 0.260 e. The van der Waals surface area contributed by atoms with E-state index in [4.69, 9.17) is 9.47 Å². The minimum atomic E-state index is -0.285. The number of nitrogens with zero attached hydrogens (tertiary/aromatic N) is 1. The van der Waals surface area contributed by atoms with Crippen LogP contribution in [0, 0.1) is 5.82 Å². The summed E-state index contributed by atoms with van der Waals surface area (Å²) in [6.07, 6.45) is -0.343. The third-order valence-electron chi connectivity index (χ3n) is 3.96. The Balaban J connectivity index is 1.62. The van der Waals surface area contributed by atoms with Gasteiger partial charge in [-0.15, -0.1) is 0 Å². The van der Waals surface area contributed by atoms with Gasteiger partial charge in [0.1, 0.15) is 17.7 Å². The van der Waals surface area contributed by atoms with Crippen molar-refractivity contribution in [2.24, 2.45) is 0 Å². The Morgan fingerprint density at radius 1 is 1.17 bits per heavy atom. The fourth-order valence-electron chi connectivity index (χ4n) is 2.77. The number of carbonyl (C=O) groups is 1. The zero-order chi connectivity index (χ0) is 16.9. The Kier molecular flexibility index (Phi) is 5.11. The Bertz CT molecular complexity index is 675. The molecule has 24 heavy (non-hydrogen) atoms. The number of para-hydroxylation sites is 1. The molecular formula is C19H20FNO3. The lowest BCUT2D eigenvalue weighted by Gasteiger charge is -2.37. The highest BCUT2D eigenvalue weighted by Gasteiger charge is 2.29. The number of amides is 1. The SMILES string of the molecule is CC1CN(C(=O)COc2ccccc2)CC(c2ccc(F)cc2)O1. The first-order valence-electron chi connectivity index (χ1n) is 7.98. The van der Waals surface area contributed by atoms with Crippen LogP contribution in [0.4, 0.5) is 4.39 Å². The average Bonchev–Trinajstić information content (AvgIpc) is 2.60. The van der Waals surface area contributed by atoms with Crippen molar-refractivity contribution < 1.29 is 18.7 Å². The van der Waals surface area contributed by atoms with Crippen LogP contribution in [-0.4, -0.2) is 36.6 Å². The van der Waals surface area contributed by atoms with Crippen LogP contribution in [0.25, 0.3) is 0 Å². The fourth-order valence-corrected chi connectivity index (χ4v) is 2.77. The first-order chi connectivity index (χ1) is 11.6. The second-order valence-corrected chi connectivity index (χ2v) is 5.89. The minimum Gasteiger partial charge on any atom is -0.484 e. The monoisotopic (exact) mass is 329 g/mol. The Hall–Kier alpha value is -2.40. The second-order valence-electron chi connectivity index (χ2n) is 5.89. The Morgan fingerprint density at radius 3 is 2.58 bits per heavy atom. The number of ether oxygens (including phenoxy) is 2. The molecule has 0 spiro atoms. The topological polar surface area (TPSA) is 38.8 Å². The van der Waals surface area contributed by atoms with Crippen LogP contribution >= 0.6 is 0 Å². The predicted octanol–water partition coefficient (Wildman–Crippen LogP) is 3.19. The van der Waals surface area contributed by atoms with E-state index in [1.807, 2.05) is 37.3 Å². The third-order valence-corrected chi connectivity index (χ3v) is 3.96. The van der Waals surface area contributed by atoms with Gasteiger partial charge >= 0.3 is 0 Å². The van der Waals surface area contributed by atoms with E-state index in [0.717, 1.165) is 5.56 Å². The van der Waals surface area contributed by atoms with Gasteiger partial charge in [-0.2, -0.15) is 0 Å². The van der Waals surface area contributed by atoms with Gasteiger partial charge in [-0.05, 0) is 36.8 Å². The van der Waals surface area contributed by atoms with E-state index in [0.29, 0.717) is 18.8 Å². The van der Waals surface area contributed by atoms with Crippen LogP contribution in [-0.2, 0) is 9.53 Å². The summed E-state index contributed by atoms with van der Waals surface area (Å²) >= 11 is 0. The first-order valence-corrected chi connectivity index (χ1v) is 7.98. The third kappa shape index (κ3) is 4.11. The molecule has 1 heterocycles. The summed E-state index contributed by atoms with van der Waals surface area (Å²) in [7, 11) is 0. The molecule has 0 bridgehead atoms. The first kappa shape index (κ1) is 16.5. The van der Waals surface area contributed by atoms with Crippen LogP contribution in [0.1, 0.15) is 18.6 Å². The van der Waals surface area contributed by atoms with Gasteiger partial charge in [0.15, 0.2) is 6.61 Å². The maximum Gasteiger partial charge on any atom is 0.260 e. The number of rotatable bonds is 4. The summed E-state index contributed by atoms with van der Waals surface area (Å²) in [4.78, 5) is 14.2. The number of hydrogen-bond acceptors (Lipinski definition) is 3. The highest BCUT2D eigenvalue weighted by molar-refractivity contribution is 5.78. The van der Waals surface area contributed by atoms with Crippen molar-refractivity contribution in [2.75, 3.05) is 19.7 Å². The summed E-state index contributed by atoms with van der Waals surface area (Å²) < 4.78 is 24.5. The van der Waals surface area contributed by atoms with Crippen molar-refractivity contribution in [3.8, 4) is 5.75 Å². The summed E-state index contributed by atoms with van der Waals surface area (Å²) in [5.41, 5.74) is 0.865. The molecule has 0 aliphatic carbocycles. The predicted molar refractivity (Wildman–Crippen MR) is 88.2 cm³/mol. The van der Waals surface area contributed by atoms with E-state index >= 15 is 0 Å². The van der Waals surface area contributed by atoms with Gasteiger partial charge in [0.05, 0.1) is 12.6 Å². The summed E-state index contributed by atoms with van der Waals surface area (Å²) in [5, 5.41) is 0. The zero-order valence-electron chi connectivity index (χ0n) is 13.5. The summed E-state index contributed by atoms with van der Waals surface area (Å²) in [6.45, 7) is 2.88. The molecular weight excluding hydrogens is 309 g/mol. The molecule has 0 radical (unpaired) electrons. The van der Waals surface area contributed by atoms with Gasteiger partial charge in [0, 0.05) is 6.54 Å². The van der Waals surface area contributed by atoms with E-state index in [1.54, 1.807) is 17.0 Å². The molecule has 0 saturated carbocycles. The number of morpholine rings is 1. The van der Waals surface area contributed by atoms with Gasteiger partial charge in [-0.3, -0.25) is 4.79 Å². The molecule has 1 aliphatic rings. The standard InChI is InChI=1S/C19H20FNO3/c1-14-11-21(19(22)13-23-17-5-3-2-4-6-17)12-18(24-14)15-7-9-16(20)10-8-15/h2-10,14,18H,11-13H2,1H3. The molecule has 1 amide bonds. The van der Waals surface area contributed by atoms with Crippen LogP contribution < -0.4 is 4.74 Å². The maximum atomic E-state index is 13.1. The molecule has 2 aromatic carbocycles. The number of benzene rings is 2. The van der Waals surface area contributed by atoms with E-state index in [2.05, 4.69) is 0 Å². The number of carbonyl (C=O) groups excluding carboxylic acids is 1. The molecule has 1 saturated heterocycles. The van der Waals surface area contributed by atoms with Crippen LogP contribution in [0.3, 0.4) is 0 Å². The molecule has 2 atom stereocenters. The molecule has 0 aromatic heterocycles. The average molecular weight is 329 g/mol. The van der Waals surface area contributed by atoms with Crippen LogP contribution in [0.5, 0.6) is 5.75 Å². The lowest BCUT2D eigenvalue weighted by Crippen LogP contribution is -2.47. The molecule has 4 nitrogen and oxygen atoms in total. The van der Waals surface area contributed by atoms with Gasteiger partial charge in [-0.25, -0.2) is 4.39 Å². The van der Waals surface area contributed by atoms with Crippen LogP contribution in [0.2, 0.25) is 0 Å². The second kappa shape index (κ2) is 7.45. The maximum absolute atomic E-state index is 13.1. The van der Waals surface area contributed by atoms with E-state index in [1.165, 1.54) is 12.1 Å². The molecule has 2 aromatic rings. The highest BCUT2D eigenvalue weighted by atomic mass is 19.1. The number of hydrogen-bond donors (Lipinski definition) is 0. The van der Waals surface area contributed by atoms with Gasteiger partial charge in [0.25, 0.3) is 5.91 Å². The normalized spacial score (nSPS) is 20.7. The van der Waals surface area contributed by atoms with Crippen molar-refractivity contribution in [2.45, 2.75) is 19.1 Å². The van der Waals surface area contributed by atoms with Gasteiger partial charge in [0.2, 0.25) is 0 Å². The van der Waals surface area contributed by atoms with Crippen molar-refractivity contribution in [1.82, 2.24) is 4.90 Å². The van der Waals surface area contributed by atoms with Crippen LogP contribution in [0.15, 0.2) is 54.6 Å². The lowest BCUT2D eigenvalue weighted by atomic mass is 10.1. The molecule has 1 aliphatic heterocycles. The highest BCUT2D eigenvalue weighted by Crippen LogP contribution is 2.25. The summed E-state index contributed by atoms with van der Waals surface area (Å²) in [6, 6.07) is 15.5. The molecule has 5 heteroatoms. The minimum absolute atomic E-state index is 0.00707. The van der Waals surface area contributed by atoms with E-state index in [-0.39, 0.29) is 30.5 Å². The van der Waals surface area contributed by atoms with Crippen molar-refractivity contribution in [1.29, 1.82) is 0 Å². The Morgan fingerprint density at radius 2 is 1.88 bits per heavy atom. The van der Waals surface area contributed by atoms with Gasteiger partial charge < -0.3 is 14.4 Å². The van der Waals surface area contributed by atoms with Crippen molar-refractivity contribution >= 4 is 5.91 Å². The lowest BCUT2D eigenvalue weighted by molar-refractivity contribution is -0.146.